The van der Waals surface area contributed by atoms with E-state index in [2.05, 4.69) is 0 Å². The van der Waals surface area contributed by atoms with Crippen molar-refractivity contribution in [3.05, 3.63) is 0 Å². The van der Waals surface area contributed by atoms with Crippen LogP contribution in [0.4, 0.5) is 0 Å². The van der Waals surface area contributed by atoms with E-state index in [-0.39, 0.29) is 5.91 Å². The Morgan fingerprint density at radius 1 is 1.60 bits per heavy atom. The molecule has 1 saturated heterocycles. The van der Waals surface area contributed by atoms with Crippen molar-refractivity contribution >= 4 is 23.6 Å². The highest BCUT2D eigenvalue weighted by Gasteiger charge is 2.33. The molecule has 6 heteroatoms. The maximum Gasteiger partial charge on any atom is 0.327 e. The van der Waals surface area contributed by atoms with Crippen LogP contribution in [-0.2, 0) is 14.3 Å². The van der Waals surface area contributed by atoms with E-state index in [9.17, 15) is 9.59 Å². The van der Waals surface area contributed by atoms with Crippen LogP contribution in [-0.4, -0.2) is 53.3 Å². The molecule has 1 rings (SSSR count). The highest BCUT2D eigenvalue weighted by molar-refractivity contribution is 7.99. The number of carbonyl (C=O) groups excluding carboxylic acids is 1. The number of carbonyl (C=O) groups is 2. The Hall–Kier alpha value is -0.750. The molecule has 1 N–H and O–H groups in total. The molecular weight excluding hydrogens is 218 g/mol. The smallest absolute Gasteiger partial charge is 0.327 e. The molecule has 1 amide bonds. The van der Waals surface area contributed by atoms with Gasteiger partial charge in [0.1, 0.15) is 6.04 Å². The summed E-state index contributed by atoms with van der Waals surface area (Å²) >= 11 is 1.48. The topological polar surface area (TPSA) is 66.8 Å². The van der Waals surface area contributed by atoms with E-state index in [1.165, 1.54) is 16.7 Å². The molecule has 1 heterocycles. The van der Waals surface area contributed by atoms with Crippen molar-refractivity contribution in [1.82, 2.24) is 4.90 Å². The van der Waals surface area contributed by atoms with Crippen molar-refractivity contribution in [2.24, 2.45) is 0 Å². The van der Waals surface area contributed by atoms with Crippen molar-refractivity contribution in [2.45, 2.75) is 18.9 Å². The molecular formula is C9H15NO4S. The lowest BCUT2D eigenvalue weighted by molar-refractivity contribution is -0.147. The maximum absolute atomic E-state index is 11.6. The molecule has 1 aliphatic heterocycles. The summed E-state index contributed by atoms with van der Waals surface area (Å²) in [4.78, 5) is 23.9. The molecule has 86 valence electrons. The van der Waals surface area contributed by atoms with Gasteiger partial charge in [0, 0.05) is 25.9 Å². The normalized spacial score (nSPS) is 20.6. The van der Waals surface area contributed by atoms with Crippen LogP contribution in [0.15, 0.2) is 0 Å². The van der Waals surface area contributed by atoms with Gasteiger partial charge in [-0.15, -0.1) is 11.8 Å². The average Bonchev–Trinajstić information content (AvgIpc) is 2.66. The van der Waals surface area contributed by atoms with Gasteiger partial charge < -0.3 is 14.7 Å². The third-order valence-electron chi connectivity index (χ3n) is 2.23. The molecule has 1 fully saturated rings. The third-order valence-corrected chi connectivity index (χ3v) is 3.24. The summed E-state index contributed by atoms with van der Waals surface area (Å²) in [5.74, 6) is -0.0294. The number of methoxy groups -OCH3 is 1. The van der Waals surface area contributed by atoms with Gasteiger partial charge in [-0.2, -0.15) is 0 Å². The Morgan fingerprint density at radius 2 is 2.33 bits per heavy atom. The largest absolute Gasteiger partial charge is 0.480 e. The lowest BCUT2D eigenvalue weighted by atomic mass is 10.2. The van der Waals surface area contributed by atoms with Crippen LogP contribution >= 0.6 is 11.8 Å². The second-order valence-electron chi connectivity index (χ2n) is 3.31. The van der Waals surface area contributed by atoms with Gasteiger partial charge in [0.05, 0.1) is 5.88 Å². The first-order valence-electron chi connectivity index (χ1n) is 4.75. The van der Waals surface area contributed by atoms with E-state index in [1.54, 1.807) is 7.11 Å². The van der Waals surface area contributed by atoms with Crippen molar-refractivity contribution in [3.63, 3.8) is 0 Å². The fraction of sp³-hybridized carbons (Fsp3) is 0.778. The monoisotopic (exact) mass is 233 g/mol. The van der Waals surface area contributed by atoms with E-state index in [1.807, 2.05) is 0 Å². The quantitative estimate of drug-likeness (QED) is 0.696. The number of hydrogen-bond donors (Lipinski definition) is 1. The first-order chi connectivity index (χ1) is 7.16. The first kappa shape index (κ1) is 12.3. The number of hydrogen-bond acceptors (Lipinski definition) is 4. The van der Waals surface area contributed by atoms with Crippen LogP contribution in [0.1, 0.15) is 12.8 Å². The minimum absolute atomic E-state index is 0.0931. The summed E-state index contributed by atoms with van der Waals surface area (Å²) in [6.45, 7) is 0.532. The van der Waals surface area contributed by atoms with Crippen LogP contribution in [0.3, 0.4) is 0 Å². The number of carboxylic acids is 1. The number of amides is 1. The number of carboxylic acid groups (broad SMARTS) is 1. The number of thioether (sulfide) groups is 1. The lowest BCUT2D eigenvalue weighted by Gasteiger charge is -2.20. The Bertz CT molecular complexity index is 246. The van der Waals surface area contributed by atoms with E-state index in [0.717, 1.165) is 0 Å². The van der Waals surface area contributed by atoms with Crippen molar-refractivity contribution in [3.8, 4) is 0 Å². The summed E-state index contributed by atoms with van der Waals surface area (Å²) in [7, 11) is 1.58. The van der Waals surface area contributed by atoms with E-state index >= 15 is 0 Å². The minimum Gasteiger partial charge on any atom is -0.480 e. The molecule has 1 unspecified atom stereocenters. The minimum atomic E-state index is -0.917. The van der Waals surface area contributed by atoms with E-state index in [4.69, 9.17) is 9.84 Å². The molecule has 5 nitrogen and oxygen atoms in total. The molecule has 0 aromatic rings. The Morgan fingerprint density at radius 3 is 2.93 bits per heavy atom. The summed E-state index contributed by atoms with van der Waals surface area (Å²) in [6.07, 6.45) is 1.00. The average molecular weight is 233 g/mol. The summed E-state index contributed by atoms with van der Waals surface area (Å²) < 4.78 is 4.84. The van der Waals surface area contributed by atoms with Crippen LogP contribution in [0.5, 0.6) is 0 Å². The molecule has 1 atom stereocenters. The van der Waals surface area contributed by atoms with Gasteiger partial charge in [-0.3, -0.25) is 4.79 Å². The van der Waals surface area contributed by atoms with Crippen LogP contribution in [0.2, 0.25) is 0 Å². The fourth-order valence-electron chi connectivity index (χ4n) is 1.40. The van der Waals surface area contributed by atoms with Gasteiger partial charge in [-0.1, -0.05) is 0 Å². The van der Waals surface area contributed by atoms with E-state index in [0.29, 0.717) is 31.1 Å². The zero-order chi connectivity index (χ0) is 11.3. The van der Waals surface area contributed by atoms with Gasteiger partial charge in [-0.25, -0.2) is 4.79 Å². The van der Waals surface area contributed by atoms with Gasteiger partial charge in [0.15, 0.2) is 0 Å². The molecule has 0 spiro atoms. The molecule has 0 aromatic heterocycles. The summed E-state index contributed by atoms with van der Waals surface area (Å²) in [5, 5.41) is 8.87. The van der Waals surface area contributed by atoms with Gasteiger partial charge in [0.2, 0.25) is 5.91 Å². The SMILES string of the molecule is COCCCC(=O)N1CSCC1C(=O)O. The number of nitrogens with zero attached hydrogens (tertiary/aromatic N) is 1. The first-order valence-corrected chi connectivity index (χ1v) is 5.91. The van der Waals surface area contributed by atoms with E-state index < -0.39 is 12.0 Å². The van der Waals surface area contributed by atoms with Crippen LogP contribution < -0.4 is 0 Å². The third kappa shape index (κ3) is 3.39. The maximum atomic E-state index is 11.6. The second-order valence-corrected chi connectivity index (χ2v) is 4.31. The Labute approximate surface area is 92.8 Å². The summed E-state index contributed by atoms with van der Waals surface area (Å²) in [5.41, 5.74) is 0. The zero-order valence-corrected chi connectivity index (χ0v) is 9.46. The number of aliphatic carboxylic acids is 1. The van der Waals surface area contributed by atoms with Crippen LogP contribution in [0.25, 0.3) is 0 Å². The zero-order valence-electron chi connectivity index (χ0n) is 8.64. The molecule has 15 heavy (non-hydrogen) atoms. The molecule has 0 bridgehead atoms. The van der Waals surface area contributed by atoms with Gasteiger partial charge in [-0.05, 0) is 6.42 Å². The lowest BCUT2D eigenvalue weighted by Crippen LogP contribution is -2.41. The molecule has 0 aromatic carbocycles. The van der Waals surface area contributed by atoms with Crippen molar-refractivity contribution < 1.29 is 19.4 Å². The molecule has 0 radical (unpaired) electrons. The second kappa shape index (κ2) is 5.97. The van der Waals surface area contributed by atoms with Gasteiger partial charge in [0.25, 0.3) is 0 Å². The Kier molecular flexibility index (Phi) is 4.90. The van der Waals surface area contributed by atoms with Crippen LogP contribution in [0, 0.1) is 0 Å². The predicted molar refractivity (Wildman–Crippen MR) is 56.7 cm³/mol. The fourth-order valence-corrected chi connectivity index (χ4v) is 2.58. The predicted octanol–water partition coefficient (Wildman–Crippen LogP) is 0.399. The standard InChI is InChI=1S/C9H15NO4S/c1-14-4-2-3-8(11)10-6-15-5-7(10)9(12)13/h7H,2-6H2,1H3,(H,12,13). The molecule has 0 aliphatic carbocycles. The number of ether oxygens (including phenoxy) is 1. The molecule has 1 aliphatic rings. The van der Waals surface area contributed by atoms with Crippen molar-refractivity contribution in [1.29, 1.82) is 0 Å². The highest BCUT2D eigenvalue weighted by Crippen LogP contribution is 2.22. The highest BCUT2D eigenvalue weighted by atomic mass is 32.2. The van der Waals surface area contributed by atoms with Crippen molar-refractivity contribution in [2.75, 3.05) is 25.3 Å². The summed E-state index contributed by atoms with van der Waals surface area (Å²) in [6, 6.07) is -0.648. The Balaban J connectivity index is 2.40. The van der Waals surface area contributed by atoms with Gasteiger partial charge >= 0.3 is 5.97 Å². The number of rotatable bonds is 5. The molecule has 0 saturated carbocycles.